The summed E-state index contributed by atoms with van der Waals surface area (Å²) in [4.78, 5) is 2.40. The largest absolute Gasteiger partial charge is 0.486 e. The summed E-state index contributed by atoms with van der Waals surface area (Å²) in [6, 6.07) is 14.6. The van der Waals surface area contributed by atoms with Crippen LogP contribution >= 0.6 is 0 Å². The SMILES string of the molecule is N#Cc1c(-c2ccc3c(c2)OCCO3)cccc1N1CCC(CC2CCOCC2)CC1. The topological polar surface area (TPSA) is 54.7 Å². The number of hydrogen-bond acceptors (Lipinski definition) is 5. The molecule has 5 heteroatoms. The first-order valence-electron chi connectivity index (χ1n) is 11.6. The van der Waals surface area contributed by atoms with E-state index in [0.717, 1.165) is 72.0 Å². The summed E-state index contributed by atoms with van der Waals surface area (Å²) in [6.45, 7) is 5.05. The zero-order chi connectivity index (χ0) is 21.0. The lowest BCUT2D eigenvalue weighted by Gasteiger charge is -2.36. The second-order valence-corrected chi connectivity index (χ2v) is 8.89. The summed E-state index contributed by atoms with van der Waals surface area (Å²) in [7, 11) is 0. The minimum atomic E-state index is 0.560. The summed E-state index contributed by atoms with van der Waals surface area (Å²) in [5.41, 5.74) is 3.76. The van der Waals surface area contributed by atoms with Crippen molar-refractivity contribution in [3.8, 4) is 28.7 Å². The first kappa shape index (κ1) is 20.2. The number of nitriles is 1. The van der Waals surface area contributed by atoms with Crippen molar-refractivity contribution in [2.45, 2.75) is 32.1 Å². The van der Waals surface area contributed by atoms with Crippen LogP contribution in [0.25, 0.3) is 11.1 Å². The van der Waals surface area contributed by atoms with Crippen molar-refractivity contribution in [1.29, 1.82) is 5.26 Å². The van der Waals surface area contributed by atoms with E-state index in [2.05, 4.69) is 23.1 Å². The van der Waals surface area contributed by atoms with Gasteiger partial charge in [0.1, 0.15) is 19.3 Å². The number of benzene rings is 2. The first-order valence-corrected chi connectivity index (χ1v) is 11.6. The maximum atomic E-state index is 10.1. The third-order valence-corrected chi connectivity index (χ3v) is 6.97. The summed E-state index contributed by atoms with van der Waals surface area (Å²) in [6.07, 6.45) is 6.18. The van der Waals surface area contributed by atoms with Crippen LogP contribution in [-0.4, -0.2) is 39.5 Å². The van der Waals surface area contributed by atoms with E-state index < -0.39 is 0 Å². The van der Waals surface area contributed by atoms with Gasteiger partial charge >= 0.3 is 0 Å². The van der Waals surface area contributed by atoms with Crippen LogP contribution in [-0.2, 0) is 4.74 Å². The van der Waals surface area contributed by atoms with E-state index in [1.54, 1.807) is 0 Å². The van der Waals surface area contributed by atoms with E-state index in [1.165, 1.54) is 32.1 Å². The number of hydrogen-bond donors (Lipinski definition) is 0. The molecule has 5 rings (SSSR count). The summed E-state index contributed by atoms with van der Waals surface area (Å²) in [5, 5.41) is 10.1. The molecule has 0 atom stereocenters. The van der Waals surface area contributed by atoms with E-state index in [0.29, 0.717) is 13.2 Å². The number of anilines is 1. The third kappa shape index (κ3) is 4.36. The standard InChI is InChI=1S/C26H30N2O3/c27-18-23-22(21-4-5-25-26(17-21)31-15-14-30-25)2-1-3-24(23)28-10-6-19(7-11-28)16-20-8-12-29-13-9-20/h1-5,17,19-20H,6-16H2. The van der Waals surface area contributed by atoms with Crippen LogP contribution < -0.4 is 14.4 Å². The highest BCUT2D eigenvalue weighted by Gasteiger charge is 2.26. The number of nitrogens with zero attached hydrogens (tertiary/aromatic N) is 2. The van der Waals surface area contributed by atoms with Gasteiger partial charge in [-0.1, -0.05) is 18.2 Å². The van der Waals surface area contributed by atoms with Crippen molar-refractivity contribution in [3.05, 3.63) is 42.0 Å². The van der Waals surface area contributed by atoms with Crippen molar-refractivity contribution in [2.24, 2.45) is 11.8 Å². The van der Waals surface area contributed by atoms with Gasteiger partial charge in [0.25, 0.3) is 0 Å². The minimum absolute atomic E-state index is 0.560. The quantitative estimate of drug-likeness (QED) is 0.697. The Morgan fingerprint density at radius 2 is 1.61 bits per heavy atom. The predicted molar refractivity (Wildman–Crippen MR) is 121 cm³/mol. The fourth-order valence-electron chi connectivity index (χ4n) is 5.24. The van der Waals surface area contributed by atoms with Gasteiger partial charge in [0, 0.05) is 31.9 Å². The van der Waals surface area contributed by atoms with Crippen molar-refractivity contribution in [1.82, 2.24) is 0 Å². The molecule has 0 bridgehead atoms. The lowest BCUT2D eigenvalue weighted by Crippen LogP contribution is -2.35. The molecule has 31 heavy (non-hydrogen) atoms. The number of rotatable bonds is 4. The van der Waals surface area contributed by atoms with Crippen LogP contribution in [0.15, 0.2) is 36.4 Å². The molecule has 0 radical (unpaired) electrons. The van der Waals surface area contributed by atoms with E-state index in [9.17, 15) is 5.26 Å². The molecular weight excluding hydrogens is 388 g/mol. The molecular formula is C26H30N2O3. The number of piperidine rings is 1. The van der Waals surface area contributed by atoms with Crippen LogP contribution in [0.1, 0.15) is 37.7 Å². The first-order chi connectivity index (χ1) is 15.3. The summed E-state index contributed by atoms with van der Waals surface area (Å²) >= 11 is 0. The van der Waals surface area contributed by atoms with Crippen LogP contribution in [0, 0.1) is 23.2 Å². The molecule has 0 saturated carbocycles. The Labute approximate surface area is 184 Å². The van der Waals surface area contributed by atoms with Gasteiger partial charge in [0.2, 0.25) is 0 Å². The lowest BCUT2D eigenvalue weighted by atomic mass is 9.83. The molecule has 5 nitrogen and oxygen atoms in total. The molecule has 3 heterocycles. The number of fused-ring (bicyclic) bond motifs is 1. The van der Waals surface area contributed by atoms with Crippen LogP contribution in [0.2, 0.25) is 0 Å². The van der Waals surface area contributed by atoms with Gasteiger partial charge in [-0.2, -0.15) is 5.26 Å². The molecule has 0 unspecified atom stereocenters. The third-order valence-electron chi connectivity index (χ3n) is 6.97. The normalized spacial score (nSPS) is 19.8. The van der Waals surface area contributed by atoms with Crippen molar-refractivity contribution < 1.29 is 14.2 Å². The van der Waals surface area contributed by atoms with Crippen LogP contribution in [0.3, 0.4) is 0 Å². The van der Waals surface area contributed by atoms with E-state index >= 15 is 0 Å². The van der Waals surface area contributed by atoms with Gasteiger partial charge in [-0.05, 0) is 67.7 Å². The average molecular weight is 419 g/mol. The van der Waals surface area contributed by atoms with Crippen molar-refractivity contribution in [3.63, 3.8) is 0 Å². The Morgan fingerprint density at radius 1 is 0.871 bits per heavy atom. The van der Waals surface area contributed by atoms with E-state index in [4.69, 9.17) is 14.2 Å². The maximum Gasteiger partial charge on any atom is 0.161 e. The Kier molecular flexibility index (Phi) is 5.99. The molecule has 0 N–H and O–H groups in total. The zero-order valence-electron chi connectivity index (χ0n) is 18.0. The highest BCUT2D eigenvalue weighted by molar-refractivity contribution is 5.79. The van der Waals surface area contributed by atoms with E-state index in [-0.39, 0.29) is 0 Å². The smallest absolute Gasteiger partial charge is 0.161 e. The molecule has 0 amide bonds. The Morgan fingerprint density at radius 3 is 2.39 bits per heavy atom. The maximum absolute atomic E-state index is 10.1. The van der Waals surface area contributed by atoms with Gasteiger partial charge in [-0.25, -0.2) is 0 Å². The molecule has 3 aliphatic rings. The Hall–Kier alpha value is -2.71. The highest BCUT2D eigenvalue weighted by Crippen LogP contribution is 2.39. The van der Waals surface area contributed by atoms with Crippen molar-refractivity contribution in [2.75, 3.05) is 44.4 Å². The molecule has 162 valence electrons. The van der Waals surface area contributed by atoms with Crippen LogP contribution in [0.5, 0.6) is 11.5 Å². The number of ether oxygens (including phenoxy) is 3. The molecule has 0 aliphatic carbocycles. The van der Waals surface area contributed by atoms with Gasteiger partial charge in [0.05, 0.1) is 11.3 Å². The minimum Gasteiger partial charge on any atom is -0.486 e. The lowest BCUT2D eigenvalue weighted by molar-refractivity contribution is 0.0571. The monoisotopic (exact) mass is 418 g/mol. The average Bonchev–Trinajstić information content (AvgIpc) is 2.84. The van der Waals surface area contributed by atoms with Gasteiger partial charge in [-0.3, -0.25) is 0 Å². The molecule has 2 aromatic carbocycles. The van der Waals surface area contributed by atoms with Gasteiger partial charge in [0.15, 0.2) is 11.5 Å². The molecule has 2 aromatic rings. The van der Waals surface area contributed by atoms with Gasteiger partial charge < -0.3 is 19.1 Å². The molecule has 0 spiro atoms. The molecule has 0 aromatic heterocycles. The highest BCUT2D eigenvalue weighted by atomic mass is 16.6. The summed E-state index contributed by atoms with van der Waals surface area (Å²) < 4.78 is 16.9. The fraction of sp³-hybridized carbons (Fsp3) is 0.500. The molecule has 3 aliphatic heterocycles. The second-order valence-electron chi connectivity index (χ2n) is 8.89. The Bertz CT molecular complexity index is 954. The Balaban J connectivity index is 1.32. The summed E-state index contributed by atoms with van der Waals surface area (Å²) in [5.74, 6) is 3.16. The predicted octanol–water partition coefficient (Wildman–Crippen LogP) is 5.03. The van der Waals surface area contributed by atoms with Crippen LogP contribution in [0.4, 0.5) is 5.69 Å². The van der Waals surface area contributed by atoms with Crippen molar-refractivity contribution >= 4 is 5.69 Å². The van der Waals surface area contributed by atoms with Gasteiger partial charge in [-0.15, -0.1) is 0 Å². The van der Waals surface area contributed by atoms with E-state index in [1.807, 2.05) is 24.3 Å². The zero-order valence-corrected chi connectivity index (χ0v) is 18.0. The fourth-order valence-corrected chi connectivity index (χ4v) is 5.24. The second kappa shape index (κ2) is 9.20. The molecule has 2 fully saturated rings. The molecule has 2 saturated heterocycles.